The molecule has 4 N–H and O–H groups in total. The maximum absolute atomic E-state index is 14.1. The average molecular weight is 584 g/mol. The Morgan fingerprint density at radius 2 is 1.85 bits per heavy atom. The third-order valence-electron chi connectivity index (χ3n) is 8.56. The highest BCUT2D eigenvalue weighted by Crippen LogP contribution is 2.51. The summed E-state index contributed by atoms with van der Waals surface area (Å²) in [7, 11) is -4.94. The third-order valence-corrected chi connectivity index (χ3v) is 9.10. The van der Waals surface area contributed by atoms with Crippen molar-refractivity contribution in [1.29, 1.82) is 0 Å². The number of ether oxygens (including phenoxy) is 1. The molecule has 4 fully saturated rings. The molecular weight excluding hydrogens is 548 g/mol. The van der Waals surface area contributed by atoms with Gasteiger partial charge in [-0.15, -0.1) is 0 Å². The minimum atomic E-state index is -4.94. The van der Waals surface area contributed by atoms with Gasteiger partial charge in [0.1, 0.15) is 17.3 Å². The minimum absolute atomic E-state index is 0.0247. The number of hydrogen-bond acceptors (Lipinski definition) is 9. The summed E-state index contributed by atoms with van der Waals surface area (Å²) in [4.78, 5) is 60.8. The van der Waals surface area contributed by atoms with Gasteiger partial charge in [-0.2, -0.15) is 0 Å². The van der Waals surface area contributed by atoms with Gasteiger partial charge in [0.15, 0.2) is 0 Å². The zero-order chi connectivity index (χ0) is 28.7. The Hall–Kier alpha value is -2.41. The zero-order valence-corrected chi connectivity index (χ0v) is 22.9. The molecule has 2 saturated heterocycles. The standard InChI is InChI=1S/C26H35FN3O9P/c27-16-5-6-22(38-18-3-1-2-4-18)20(11-16)30-9-7-29(8-10-30)15-17(31)13-26-14-21(32)23(39-40(35,36)37)12-19(26)24(33)28-25(26)34/h5-6,11,18-19,21,23,32H,1-4,7-10,12-15H2,(H,28,33,34)(H2,35,36,37). The molecule has 0 bridgehead atoms. The average Bonchev–Trinajstić information content (AvgIpc) is 3.46. The molecule has 40 heavy (non-hydrogen) atoms. The van der Waals surface area contributed by atoms with Crippen molar-refractivity contribution in [2.45, 2.75) is 63.3 Å². The van der Waals surface area contributed by atoms with Gasteiger partial charge >= 0.3 is 7.82 Å². The first kappa shape index (κ1) is 29.1. The number of benzene rings is 1. The molecule has 0 radical (unpaired) electrons. The predicted molar refractivity (Wildman–Crippen MR) is 139 cm³/mol. The van der Waals surface area contributed by atoms with E-state index >= 15 is 0 Å². The summed E-state index contributed by atoms with van der Waals surface area (Å²) in [5.74, 6) is -2.36. The second-order valence-corrected chi connectivity index (χ2v) is 12.5. The Labute approximate surface area is 231 Å². The fourth-order valence-electron chi connectivity index (χ4n) is 6.59. The molecular formula is C26H35FN3O9P. The minimum Gasteiger partial charge on any atom is -0.488 e. The molecule has 2 aliphatic heterocycles. The number of phosphoric acid groups is 1. The number of rotatable bonds is 9. The molecule has 0 spiro atoms. The number of ketones is 1. The van der Waals surface area contributed by atoms with E-state index in [0.717, 1.165) is 25.7 Å². The molecule has 1 aromatic carbocycles. The van der Waals surface area contributed by atoms with Gasteiger partial charge < -0.3 is 24.5 Å². The van der Waals surface area contributed by atoms with Gasteiger partial charge in [-0.1, -0.05) is 0 Å². The van der Waals surface area contributed by atoms with Crippen LogP contribution in [0.1, 0.15) is 44.9 Å². The Kier molecular flexibility index (Phi) is 8.34. The Morgan fingerprint density at radius 1 is 1.15 bits per heavy atom. The van der Waals surface area contributed by atoms with Crippen LogP contribution in [0.3, 0.4) is 0 Å². The second-order valence-electron chi connectivity index (χ2n) is 11.3. The fourth-order valence-corrected chi connectivity index (χ4v) is 7.17. The summed E-state index contributed by atoms with van der Waals surface area (Å²) in [5.41, 5.74) is -0.817. The van der Waals surface area contributed by atoms with Crippen molar-refractivity contribution in [2.75, 3.05) is 37.6 Å². The summed E-state index contributed by atoms with van der Waals surface area (Å²) >= 11 is 0. The van der Waals surface area contributed by atoms with Crippen molar-refractivity contribution in [3.63, 3.8) is 0 Å². The van der Waals surface area contributed by atoms with E-state index in [1.807, 2.05) is 9.80 Å². The molecule has 14 heteroatoms. The van der Waals surface area contributed by atoms with E-state index in [1.165, 1.54) is 12.1 Å². The number of hydrogen-bond donors (Lipinski definition) is 4. The number of amides is 2. The molecule has 5 rings (SSSR count). The molecule has 12 nitrogen and oxygen atoms in total. The number of nitrogens with zero attached hydrogens (tertiary/aromatic N) is 2. The SMILES string of the molecule is O=C(CN1CCN(c2cc(F)ccc2OC2CCCC2)CC1)CC12CC(O)C(OP(=O)(O)O)CC1C(=O)NC2=O. The van der Waals surface area contributed by atoms with Crippen LogP contribution >= 0.6 is 7.82 Å². The molecule has 4 atom stereocenters. The number of halogens is 1. The maximum atomic E-state index is 14.1. The largest absolute Gasteiger partial charge is 0.488 e. The van der Waals surface area contributed by atoms with Crippen molar-refractivity contribution in [2.24, 2.45) is 11.3 Å². The molecule has 2 heterocycles. The van der Waals surface area contributed by atoms with Gasteiger partial charge in [0, 0.05) is 38.7 Å². The lowest BCUT2D eigenvalue weighted by molar-refractivity contribution is -0.145. The van der Waals surface area contributed by atoms with E-state index in [1.54, 1.807) is 6.07 Å². The number of Topliss-reactive ketones (excluding diaryl/α,β-unsaturated/α-hetero) is 1. The zero-order valence-electron chi connectivity index (χ0n) is 22.0. The quantitative estimate of drug-likeness (QED) is 0.243. The highest BCUT2D eigenvalue weighted by atomic mass is 31.2. The van der Waals surface area contributed by atoms with Gasteiger partial charge in [0.25, 0.3) is 0 Å². The Balaban J connectivity index is 1.20. The van der Waals surface area contributed by atoms with Crippen LogP contribution in [-0.4, -0.2) is 88.4 Å². The van der Waals surface area contributed by atoms with Crippen LogP contribution < -0.4 is 15.0 Å². The molecule has 2 saturated carbocycles. The molecule has 4 unspecified atom stereocenters. The maximum Gasteiger partial charge on any atom is 0.469 e. The predicted octanol–water partition coefficient (Wildman–Crippen LogP) is 1.12. The molecule has 1 aromatic rings. The van der Waals surface area contributed by atoms with E-state index in [-0.39, 0.29) is 43.5 Å². The number of carbonyl (C=O) groups excluding carboxylic acids is 3. The first-order chi connectivity index (χ1) is 18.9. The Bertz CT molecular complexity index is 1200. The normalized spacial score (nSPS) is 29.9. The van der Waals surface area contributed by atoms with Crippen LogP contribution in [0.15, 0.2) is 18.2 Å². The van der Waals surface area contributed by atoms with Gasteiger partial charge in [-0.05, 0) is 50.7 Å². The molecule has 0 aromatic heterocycles. The summed E-state index contributed by atoms with van der Waals surface area (Å²) in [6.45, 7) is 2.10. The lowest BCUT2D eigenvalue weighted by atomic mass is 9.63. The summed E-state index contributed by atoms with van der Waals surface area (Å²) < 4.78 is 36.2. The van der Waals surface area contributed by atoms with E-state index in [9.17, 15) is 28.4 Å². The van der Waals surface area contributed by atoms with E-state index in [4.69, 9.17) is 14.5 Å². The number of fused-ring (bicyclic) bond motifs is 1. The smallest absolute Gasteiger partial charge is 0.469 e. The van der Waals surface area contributed by atoms with E-state index in [0.29, 0.717) is 37.6 Å². The molecule has 220 valence electrons. The molecule has 2 amide bonds. The first-order valence-corrected chi connectivity index (χ1v) is 15.2. The second kappa shape index (κ2) is 11.5. The van der Waals surface area contributed by atoms with Crippen molar-refractivity contribution in [3.8, 4) is 5.75 Å². The monoisotopic (exact) mass is 583 g/mol. The van der Waals surface area contributed by atoms with Crippen LogP contribution in [0.4, 0.5) is 10.1 Å². The van der Waals surface area contributed by atoms with Gasteiger partial charge in [-0.3, -0.25) is 29.1 Å². The van der Waals surface area contributed by atoms with Crippen LogP contribution in [0, 0.1) is 17.2 Å². The van der Waals surface area contributed by atoms with Crippen molar-refractivity contribution < 1.29 is 47.5 Å². The van der Waals surface area contributed by atoms with Crippen molar-refractivity contribution >= 4 is 31.1 Å². The fraction of sp³-hybridized carbons (Fsp3) is 0.654. The molecule has 4 aliphatic rings. The number of piperazine rings is 1. The molecule has 2 aliphatic carbocycles. The van der Waals surface area contributed by atoms with Crippen LogP contribution in [0.25, 0.3) is 0 Å². The number of phosphoric ester groups is 1. The number of carbonyl (C=O) groups is 3. The summed E-state index contributed by atoms with van der Waals surface area (Å²) in [6, 6.07) is 4.52. The van der Waals surface area contributed by atoms with Crippen LogP contribution in [0.2, 0.25) is 0 Å². The van der Waals surface area contributed by atoms with E-state index < -0.39 is 43.2 Å². The lowest BCUT2D eigenvalue weighted by Crippen LogP contribution is -2.52. The number of anilines is 1. The summed E-state index contributed by atoms with van der Waals surface area (Å²) in [5, 5.41) is 12.7. The topological polar surface area (TPSA) is 166 Å². The van der Waals surface area contributed by atoms with Gasteiger partial charge in [-0.25, -0.2) is 8.96 Å². The first-order valence-electron chi connectivity index (χ1n) is 13.7. The highest BCUT2D eigenvalue weighted by molar-refractivity contribution is 7.46. The number of imide groups is 1. The van der Waals surface area contributed by atoms with Gasteiger partial charge in [0.05, 0.1) is 41.9 Å². The van der Waals surface area contributed by atoms with Crippen LogP contribution in [0.5, 0.6) is 5.75 Å². The van der Waals surface area contributed by atoms with Crippen molar-refractivity contribution in [3.05, 3.63) is 24.0 Å². The third kappa shape index (κ3) is 6.24. The van der Waals surface area contributed by atoms with Gasteiger partial charge in [0.2, 0.25) is 11.8 Å². The van der Waals surface area contributed by atoms with E-state index in [2.05, 4.69) is 9.84 Å². The number of nitrogens with one attached hydrogen (secondary N) is 1. The number of aliphatic hydroxyl groups is 1. The number of aliphatic hydroxyl groups excluding tert-OH is 1. The van der Waals surface area contributed by atoms with Crippen molar-refractivity contribution in [1.82, 2.24) is 10.2 Å². The lowest BCUT2D eigenvalue weighted by Gasteiger charge is -2.41. The summed E-state index contributed by atoms with van der Waals surface area (Å²) in [6.07, 6.45) is 0.616. The Morgan fingerprint density at radius 3 is 2.52 bits per heavy atom. The van der Waals surface area contributed by atoms with Crippen LogP contribution in [-0.2, 0) is 23.5 Å². The highest BCUT2D eigenvalue weighted by Gasteiger charge is 2.61.